The van der Waals surface area contributed by atoms with Crippen LogP contribution < -0.4 is 0 Å². The molecule has 3 rings (SSSR count). The molecule has 102 valence electrons. The Balaban J connectivity index is 2.16. The van der Waals surface area contributed by atoms with Crippen molar-refractivity contribution in [2.45, 2.75) is 0 Å². The van der Waals surface area contributed by atoms with E-state index in [4.69, 9.17) is 4.42 Å². The van der Waals surface area contributed by atoms with Crippen molar-refractivity contribution in [1.29, 1.82) is 0 Å². The molecule has 0 N–H and O–H groups in total. The molecule has 0 saturated carbocycles. The Kier molecular flexibility index (Phi) is 3.74. The summed E-state index contributed by atoms with van der Waals surface area (Å²) in [6, 6.07) is 18.0. The second kappa shape index (κ2) is 6.01. The minimum Gasteiger partial charge on any atom is -0.423 e. The highest BCUT2D eigenvalue weighted by atomic mass is 16.4. The summed E-state index contributed by atoms with van der Waals surface area (Å²) in [5.74, 6) is 0.500. The summed E-state index contributed by atoms with van der Waals surface area (Å²) in [5.41, 5.74) is 4.04. The highest BCUT2D eigenvalue weighted by Crippen LogP contribution is 2.25. The third kappa shape index (κ3) is 2.82. The van der Waals surface area contributed by atoms with Gasteiger partial charge in [0.2, 0.25) is 12.3 Å². The predicted molar refractivity (Wildman–Crippen MR) is 84.2 cm³/mol. The van der Waals surface area contributed by atoms with Crippen molar-refractivity contribution >= 4 is 17.7 Å². The first kappa shape index (κ1) is 13.1. The quantitative estimate of drug-likeness (QED) is 0.666. The lowest BCUT2D eigenvalue weighted by atomic mass is 10.00. The van der Waals surface area contributed by atoms with E-state index in [0.29, 0.717) is 5.89 Å². The van der Waals surface area contributed by atoms with Gasteiger partial charge in [0.1, 0.15) is 0 Å². The standard InChI is InChI=1S/C18H14N2O/c1-2-14-8-6-7-11-16(14)12-17(18-20-19-13-21-18)15-9-4-3-5-10-15/h2-13H,1H2. The average Bonchev–Trinajstić information content (AvgIpc) is 3.08. The molecule has 1 heterocycles. The second-order valence-corrected chi connectivity index (χ2v) is 4.50. The summed E-state index contributed by atoms with van der Waals surface area (Å²) >= 11 is 0. The largest absolute Gasteiger partial charge is 0.423 e. The number of hydrogen-bond acceptors (Lipinski definition) is 3. The van der Waals surface area contributed by atoms with Gasteiger partial charge in [-0.1, -0.05) is 67.3 Å². The third-order valence-electron chi connectivity index (χ3n) is 3.19. The molecule has 0 spiro atoms. The van der Waals surface area contributed by atoms with E-state index in [1.54, 1.807) is 0 Å². The van der Waals surface area contributed by atoms with Gasteiger partial charge in [-0.25, -0.2) is 0 Å². The van der Waals surface area contributed by atoms with E-state index in [1.165, 1.54) is 6.39 Å². The third-order valence-corrected chi connectivity index (χ3v) is 3.19. The molecule has 3 aromatic rings. The Bertz CT molecular complexity index is 759. The summed E-state index contributed by atoms with van der Waals surface area (Å²) in [7, 11) is 0. The van der Waals surface area contributed by atoms with E-state index in [9.17, 15) is 0 Å². The maximum absolute atomic E-state index is 5.38. The van der Waals surface area contributed by atoms with E-state index >= 15 is 0 Å². The fourth-order valence-corrected chi connectivity index (χ4v) is 2.16. The topological polar surface area (TPSA) is 38.9 Å². The van der Waals surface area contributed by atoms with Crippen LogP contribution in [0.25, 0.3) is 17.7 Å². The molecule has 0 radical (unpaired) electrons. The van der Waals surface area contributed by atoms with Crippen LogP contribution in [0.1, 0.15) is 22.6 Å². The molecular formula is C18H14N2O. The zero-order valence-corrected chi connectivity index (χ0v) is 11.4. The van der Waals surface area contributed by atoms with Gasteiger partial charge in [0.05, 0.1) is 0 Å². The smallest absolute Gasteiger partial charge is 0.248 e. The second-order valence-electron chi connectivity index (χ2n) is 4.50. The normalized spacial score (nSPS) is 11.3. The molecule has 0 atom stereocenters. The van der Waals surface area contributed by atoms with E-state index in [-0.39, 0.29) is 0 Å². The Morgan fingerprint density at radius 2 is 1.67 bits per heavy atom. The van der Waals surface area contributed by atoms with Crippen LogP contribution in [0.5, 0.6) is 0 Å². The maximum atomic E-state index is 5.38. The minimum atomic E-state index is 0.500. The highest BCUT2D eigenvalue weighted by molar-refractivity contribution is 5.89. The molecule has 0 amide bonds. The van der Waals surface area contributed by atoms with Crippen LogP contribution in [0.4, 0.5) is 0 Å². The first-order valence-corrected chi connectivity index (χ1v) is 6.63. The number of nitrogens with zero attached hydrogens (tertiary/aromatic N) is 2. The van der Waals surface area contributed by atoms with Gasteiger partial charge in [0.25, 0.3) is 0 Å². The lowest BCUT2D eigenvalue weighted by Gasteiger charge is -2.06. The van der Waals surface area contributed by atoms with Crippen LogP contribution in [0, 0.1) is 0 Å². The SMILES string of the molecule is C=Cc1ccccc1C=C(c1ccccc1)c1nnco1. The van der Waals surface area contributed by atoms with Crippen LogP contribution in [0.3, 0.4) is 0 Å². The zero-order valence-electron chi connectivity index (χ0n) is 11.4. The van der Waals surface area contributed by atoms with Crippen molar-refractivity contribution in [3.63, 3.8) is 0 Å². The van der Waals surface area contributed by atoms with Gasteiger partial charge in [0.15, 0.2) is 0 Å². The fraction of sp³-hybridized carbons (Fsp3) is 0. The lowest BCUT2D eigenvalue weighted by Crippen LogP contribution is -1.90. The van der Waals surface area contributed by atoms with Gasteiger partial charge in [-0.2, -0.15) is 0 Å². The molecular weight excluding hydrogens is 260 g/mol. The Labute approximate surface area is 123 Å². The number of hydrogen-bond donors (Lipinski definition) is 0. The minimum absolute atomic E-state index is 0.500. The summed E-state index contributed by atoms with van der Waals surface area (Å²) in [4.78, 5) is 0. The van der Waals surface area contributed by atoms with E-state index in [2.05, 4.69) is 16.8 Å². The maximum Gasteiger partial charge on any atom is 0.248 e. The monoisotopic (exact) mass is 274 g/mol. The van der Waals surface area contributed by atoms with Crippen molar-refractivity contribution in [3.8, 4) is 0 Å². The van der Waals surface area contributed by atoms with Gasteiger partial charge in [0, 0.05) is 5.57 Å². The molecule has 1 aromatic heterocycles. The highest BCUT2D eigenvalue weighted by Gasteiger charge is 2.11. The van der Waals surface area contributed by atoms with Crippen LogP contribution in [-0.2, 0) is 0 Å². The molecule has 3 heteroatoms. The van der Waals surface area contributed by atoms with Crippen LogP contribution in [0.2, 0.25) is 0 Å². The molecule has 0 aliphatic carbocycles. The van der Waals surface area contributed by atoms with E-state index in [1.807, 2.05) is 66.7 Å². The molecule has 0 saturated heterocycles. The summed E-state index contributed by atoms with van der Waals surface area (Å²) in [5, 5.41) is 7.81. The Morgan fingerprint density at radius 1 is 0.952 bits per heavy atom. The average molecular weight is 274 g/mol. The van der Waals surface area contributed by atoms with E-state index < -0.39 is 0 Å². The number of rotatable bonds is 4. The molecule has 21 heavy (non-hydrogen) atoms. The van der Waals surface area contributed by atoms with Crippen LogP contribution >= 0.6 is 0 Å². The van der Waals surface area contributed by atoms with Crippen molar-refractivity contribution in [1.82, 2.24) is 10.2 Å². The predicted octanol–water partition coefficient (Wildman–Crippen LogP) is 4.30. The van der Waals surface area contributed by atoms with Crippen molar-refractivity contribution in [2.75, 3.05) is 0 Å². The Hall–Kier alpha value is -2.94. The summed E-state index contributed by atoms with van der Waals surface area (Å²) in [6.45, 7) is 3.85. The van der Waals surface area contributed by atoms with Gasteiger partial charge in [-0.05, 0) is 22.8 Å². The van der Waals surface area contributed by atoms with Crippen LogP contribution in [-0.4, -0.2) is 10.2 Å². The number of aromatic nitrogens is 2. The molecule has 3 nitrogen and oxygen atoms in total. The van der Waals surface area contributed by atoms with Gasteiger partial charge in [-0.15, -0.1) is 10.2 Å². The summed E-state index contributed by atoms with van der Waals surface area (Å²) in [6.07, 6.45) is 5.22. The van der Waals surface area contributed by atoms with Crippen molar-refractivity contribution in [3.05, 3.63) is 90.2 Å². The fourth-order valence-electron chi connectivity index (χ4n) is 2.16. The van der Waals surface area contributed by atoms with Crippen molar-refractivity contribution in [2.24, 2.45) is 0 Å². The number of benzene rings is 2. The first-order chi connectivity index (χ1) is 10.4. The summed E-state index contributed by atoms with van der Waals surface area (Å²) < 4.78 is 5.38. The zero-order chi connectivity index (χ0) is 14.5. The van der Waals surface area contributed by atoms with E-state index in [0.717, 1.165) is 22.3 Å². The molecule has 2 aromatic carbocycles. The molecule has 0 bridgehead atoms. The van der Waals surface area contributed by atoms with Gasteiger partial charge < -0.3 is 4.42 Å². The molecule has 0 aliphatic rings. The van der Waals surface area contributed by atoms with Crippen molar-refractivity contribution < 1.29 is 4.42 Å². The van der Waals surface area contributed by atoms with Gasteiger partial charge >= 0.3 is 0 Å². The van der Waals surface area contributed by atoms with Crippen LogP contribution in [0.15, 0.2) is 72.0 Å². The lowest BCUT2D eigenvalue weighted by molar-refractivity contribution is 0.539. The Morgan fingerprint density at radius 3 is 2.33 bits per heavy atom. The van der Waals surface area contributed by atoms with Gasteiger partial charge in [-0.3, -0.25) is 0 Å². The molecule has 0 fully saturated rings. The molecule has 0 aliphatic heterocycles. The molecule has 0 unspecified atom stereocenters. The first-order valence-electron chi connectivity index (χ1n) is 6.63.